The molecule has 0 heterocycles. The van der Waals surface area contributed by atoms with E-state index in [1.807, 2.05) is 6.92 Å². The van der Waals surface area contributed by atoms with Gasteiger partial charge in [0.2, 0.25) is 0 Å². The molecule has 0 fully saturated rings. The maximum Gasteiger partial charge on any atom is 0.329 e. The van der Waals surface area contributed by atoms with Crippen LogP contribution in [0.25, 0.3) is 0 Å². The molecule has 0 amide bonds. The molecule has 1 aromatic rings. The van der Waals surface area contributed by atoms with Crippen molar-refractivity contribution in [3.05, 3.63) is 32.8 Å². The van der Waals surface area contributed by atoms with Gasteiger partial charge in [0.05, 0.1) is 4.92 Å². The van der Waals surface area contributed by atoms with Crippen molar-refractivity contribution in [3.8, 4) is 0 Å². The van der Waals surface area contributed by atoms with Crippen LogP contribution in [0.15, 0.2) is 22.7 Å². The summed E-state index contributed by atoms with van der Waals surface area (Å²) in [5.41, 5.74) is -0.637. The lowest BCUT2D eigenvalue weighted by molar-refractivity contribution is -0.384. The predicted octanol–water partition coefficient (Wildman–Crippen LogP) is 3.41. The minimum Gasteiger partial charge on any atom is -0.480 e. The number of anilines is 1. The van der Waals surface area contributed by atoms with Crippen molar-refractivity contribution in [1.82, 2.24) is 0 Å². The first-order valence-electron chi connectivity index (χ1n) is 5.75. The monoisotopic (exact) mass is 330 g/mol. The molecular formula is C12H15BrN2O4. The van der Waals surface area contributed by atoms with Gasteiger partial charge in [-0.1, -0.05) is 13.3 Å². The van der Waals surface area contributed by atoms with Crippen LogP contribution < -0.4 is 5.32 Å². The van der Waals surface area contributed by atoms with E-state index in [2.05, 4.69) is 21.2 Å². The number of hydrogen-bond donors (Lipinski definition) is 2. The zero-order valence-corrected chi connectivity index (χ0v) is 12.2. The van der Waals surface area contributed by atoms with Crippen molar-refractivity contribution in [1.29, 1.82) is 0 Å². The van der Waals surface area contributed by atoms with Gasteiger partial charge in [0.1, 0.15) is 5.54 Å². The molecule has 104 valence electrons. The molecule has 7 heteroatoms. The van der Waals surface area contributed by atoms with Gasteiger partial charge in [-0.2, -0.15) is 0 Å². The van der Waals surface area contributed by atoms with Crippen LogP contribution in [0.3, 0.4) is 0 Å². The zero-order chi connectivity index (χ0) is 14.6. The first-order valence-corrected chi connectivity index (χ1v) is 6.55. The van der Waals surface area contributed by atoms with E-state index in [0.29, 0.717) is 23.0 Å². The topological polar surface area (TPSA) is 92.5 Å². The van der Waals surface area contributed by atoms with Crippen molar-refractivity contribution < 1.29 is 14.8 Å². The normalized spacial score (nSPS) is 13.6. The Morgan fingerprint density at radius 1 is 1.58 bits per heavy atom. The Kier molecular flexibility index (Phi) is 4.88. The van der Waals surface area contributed by atoms with Crippen LogP contribution in [0, 0.1) is 10.1 Å². The maximum atomic E-state index is 11.3. The second-order valence-corrected chi connectivity index (χ2v) is 5.29. The molecule has 6 nitrogen and oxygen atoms in total. The van der Waals surface area contributed by atoms with Crippen molar-refractivity contribution in [2.45, 2.75) is 32.2 Å². The molecule has 0 aliphatic carbocycles. The smallest absolute Gasteiger partial charge is 0.329 e. The van der Waals surface area contributed by atoms with Crippen molar-refractivity contribution in [2.75, 3.05) is 5.32 Å². The van der Waals surface area contributed by atoms with Gasteiger partial charge in [0, 0.05) is 22.3 Å². The number of halogens is 1. The average Bonchev–Trinajstić information content (AvgIpc) is 2.31. The Bertz CT molecular complexity index is 507. The lowest BCUT2D eigenvalue weighted by Gasteiger charge is -2.27. The molecular weight excluding hydrogens is 316 g/mol. The summed E-state index contributed by atoms with van der Waals surface area (Å²) < 4.78 is 0.463. The van der Waals surface area contributed by atoms with Gasteiger partial charge in [0.25, 0.3) is 5.69 Å². The minimum absolute atomic E-state index is 0.0510. The van der Waals surface area contributed by atoms with Gasteiger partial charge < -0.3 is 10.4 Å². The number of nitrogens with one attached hydrogen (secondary N) is 1. The minimum atomic E-state index is -1.10. The molecule has 0 aromatic heterocycles. The van der Waals surface area contributed by atoms with Crippen LogP contribution in [0.2, 0.25) is 0 Å². The molecule has 0 aliphatic rings. The van der Waals surface area contributed by atoms with Crippen molar-refractivity contribution in [2.24, 2.45) is 0 Å². The van der Waals surface area contributed by atoms with Gasteiger partial charge in [-0.25, -0.2) is 4.79 Å². The summed E-state index contributed by atoms with van der Waals surface area (Å²) in [6.07, 6.45) is 1.16. The summed E-state index contributed by atoms with van der Waals surface area (Å²) in [7, 11) is 0. The molecule has 2 N–H and O–H groups in total. The van der Waals surface area contributed by atoms with Gasteiger partial charge in [-0.3, -0.25) is 10.1 Å². The third-order valence-electron chi connectivity index (χ3n) is 2.80. The number of non-ortho nitro benzene ring substituents is 1. The molecule has 1 aromatic carbocycles. The molecule has 19 heavy (non-hydrogen) atoms. The lowest BCUT2D eigenvalue weighted by atomic mass is 9.96. The van der Waals surface area contributed by atoms with Crippen LogP contribution in [0.1, 0.15) is 26.7 Å². The van der Waals surface area contributed by atoms with Crippen LogP contribution in [-0.2, 0) is 4.79 Å². The number of nitro groups is 1. The molecule has 1 atom stereocenters. The van der Waals surface area contributed by atoms with Gasteiger partial charge >= 0.3 is 5.97 Å². The Morgan fingerprint density at radius 3 is 2.63 bits per heavy atom. The molecule has 0 aliphatic heterocycles. The van der Waals surface area contributed by atoms with Crippen LogP contribution >= 0.6 is 15.9 Å². The fraction of sp³-hybridized carbons (Fsp3) is 0.417. The molecule has 1 rings (SSSR count). The number of nitrogens with zero attached hydrogens (tertiary/aromatic N) is 1. The van der Waals surface area contributed by atoms with Gasteiger partial charge in [-0.05, 0) is 35.3 Å². The van der Waals surface area contributed by atoms with E-state index in [9.17, 15) is 20.0 Å². The highest BCUT2D eigenvalue weighted by Gasteiger charge is 2.32. The summed E-state index contributed by atoms with van der Waals surface area (Å²) in [4.78, 5) is 21.4. The number of carboxylic acids is 1. The van der Waals surface area contributed by atoms with Crippen LogP contribution in [0.4, 0.5) is 11.4 Å². The summed E-state index contributed by atoms with van der Waals surface area (Å²) >= 11 is 3.21. The average molecular weight is 331 g/mol. The number of rotatable bonds is 6. The Hall–Kier alpha value is -1.63. The lowest BCUT2D eigenvalue weighted by Crippen LogP contribution is -2.43. The summed E-state index contributed by atoms with van der Waals surface area (Å²) in [5.74, 6) is -0.959. The van der Waals surface area contributed by atoms with E-state index >= 15 is 0 Å². The third-order valence-corrected chi connectivity index (χ3v) is 3.45. The highest BCUT2D eigenvalue weighted by atomic mass is 79.9. The van der Waals surface area contributed by atoms with Gasteiger partial charge in [0.15, 0.2) is 0 Å². The Morgan fingerprint density at radius 2 is 2.21 bits per heavy atom. The van der Waals surface area contributed by atoms with E-state index < -0.39 is 16.4 Å². The molecule has 0 saturated heterocycles. The quantitative estimate of drug-likeness (QED) is 0.615. The van der Waals surface area contributed by atoms with Crippen LogP contribution in [-0.4, -0.2) is 21.5 Å². The molecule has 0 saturated carbocycles. The maximum absolute atomic E-state index is 11.3. The molecule has 1 unspecified atom stereocenters. The number of hydrogen-bond acceptors (Lipinski definition) is 4. The number of benzene rings is 1. The Balaban J connectivity index is 3.04. The SMILES string of the molecule is CCCC(C)(Nc1ccc([N+](=O)[O-])cc1Br)C(=O)O. The summed E-state index contributed by atoms with van der Waals surface area (Å²) in [6.45, 7) is 3.49. The van der Waals surface area contributed by atoms with E-state index in [1.54, 1.807) is 6.92 Å². The first kappa shape index (κ1) is 15.4. The van der Waals surface area contributed by atoms with Gasteiger partial charge in [-0.15, -0.1) is 0 Å². The summed E-state index contributed by atoms with van der Waals surface area (Å²) in [5, 5.41) is 22.8. The fourth-order valence-corrected chi connectivity index (χ4v) is 2.20. The van der Waals surface area contributed by atoms with E-state index in [0.717, 1.165) is 0 Å². The van der Waals surface area contributed by atoms with Crippen LogP contribution in [0.5, 0.6) is 0 Å². The predicted molar refractivity (Wildman–Crippen MR) is 75.4 cm³/mol. The zero-order valence-electron chi connectivity index (χ0n) is 10.6. The molecule has 0 spiro atoms. The second-order valence-electron chi connectivity index (χ2n) is 4.43. The van der Waals surface area contributed by atoms with Crippen molar-refractivity contribution in [3.63, 3.8) is 0 Å². The van der Waals surface area contributed by atoms with E-state index in [4.69, 9.17) is 0 Å². The third kappa shape index (κ3) is 3.66. The number of aliphatic carboxylic acids is 1. The fourth-order valence-electron chi connectivity index (χ4n) is 1.74. The molecule has 0 radical (unpaired) electrons. The highest BCUT2D eigenvalue weighted by molar-refractivity contribution is 9.10. The summed E-state index contributed by atoms with van der Waals surface area (Å²) in [6, 6.07) is 4.18. The number of carbonyl (C=O) groups is 1. The number of nitro benzene ring substituents is 1. The largest absolute Gasteiger partial charge is 0.480 e. The van der Waals surface area contributed by atoms with Crippen molar-refractivity contribution >= 4 is 33.3 Å². The second kappa shape index (κ2) is 6.01. The van der Waals surface area contributed by atoms with E-state index in [-0.39, 0.29) is 5.69 Å². The standard InChI is InChI=1S/C12H15BrN2O4/c1-3-6-12(2,11(16)17)14-10-5-4-8(15(18)19)7-9(10)13/h4-5,7,14H,3,6H2,1-2H3,(H,16,17). The highest BCUT2D eigenvalue weighted by Crippen LogP contribution is 2.30. The number of carboxylic acid groups (broad SMARTS) is 1. The van der Waals surface area contributed by atoms with E-state index in [1.165, 1.54) is 18.2 Å². The first-order chi connectivity index (χ1) is 8.80. The molecule has 0 bridgehead atoms. The Labute approximate surface area is 119 Å².